The van der Waals surface area contributed by atoms with Gasteiger partial charge in [-0.1, -0.05) is 6.07 Å². The summed E-state index contributed by atoms with van der Waals surface area (Å²) in [7, 11) is 5.04. The lowest BCUT2D eigenvalue weighted by atomic mass is 9.93. The Labute approximate surface area is 191 Å². The number of nitrogens with zero attached hydrogens (tertiary/aromatic N) is 2. The van der Waals surface area contributed by atoms with Crippen molar-refractivity contribution >= 4 is 0 Å². The lowest BCUT2D eigenvalue weighted by Gasteiger charge is -2.25. The lowest BCUT2D eigenvalue weighted by Crippen LogP contribution is -2.31. The third kappa shape index (κ3) is 5.42. The van der Waals surface area contributed by atoms with Crippen LogP contribution in [0.2, 0.25) is 0 Å². The van der Waals surface area contributed by atoms with Crippen LogP contribution >= 0.6 is 0 Å². The first-order chi connectivity index (χ1) is 15.6. The van der Waals surface area contributed by atoms with Crippen LogP contribution in [0.15, 0.2) is 36.4 Å². The number of benzene rings is 2. The Bertz CT molecular complexity index is 907. The zero-order valence-electron chi connectivity index (χ0n) is 19.5. The molecule has 2 heterocycles. The molecular formula is C26H35FN2O3. The normalized spacial score (nSPS) is 21.9. The fourth-order valence-corrected chi connectivity index (χ4v) is 5.34. The summed E-state index contributed by atoms with van der Waals surface area (Å²) < 4.78 is 30.5. The van der Waals surface area contributed by atoms with E-state index in [-0.39, 0.29) is 5.82 Å². The third-order valence-electron chi connectivity index (χ3n) is 6.89. The Morgan fingerprint density at radius 2 is 1.69 bits per heavy atom. The van der Waals surface area contributed by atoms with Gasteiger partial charge in [0.25, 0.3) is 0 Å². The Morgan fingerprint density at radius 1 is 0.875 bits per heavy atom. The van der Waals surface area contributed by atoms with Crippen molar-refractivity contribution in [2.24, 2.45) is 11.8 Å². The zero-order chi connectivity index (χ0) is 22.5. The van der Waals surface area contributed by atoms with Crippen LogP contribution in [0.1, 0.15) is 29.5 Å². The third-order valence-corrected chi connectivity index (χ3v) is 6.89. The number of halogens is 1. The molecule has 0 spiro atoms. The zero-order valence-corrected chi connectivity index (χ0v) is 19.5. The molecule has 0 aliphatic carbocycles. The summed E-state index contributed by atoms with van der Waals surface area (Å²) in [6.45, 7) is 6.42. The van der Waals surface area contributed by atoms with Gasteiger partial charge in [-0.3, -0.25) is 9.80 Å². The van der Waals surface area contributed by atoms with Crippen LogP contribution in [-0.4, -0.2) is 57.3 Å². The van der Waals surface area contributed by atoms with Crippen LogP contribution in [0.25, 0.3) is 0 Å². The van der Waals surface area contributed by atoms with E-state index in [9.17, 15) is 4.39 Å². The first-order valence-electron chi connectivity index (χ1n) is 11.5. The smallest absolute Gasteiger partial charge is 0.127 e. The summed E-state index contributed by atoms with van der Waals surface area (Å²) in [6.07, 6.45) is 2.41. The first kappa shape index (κ1) is 23.0. The minimum atomic E-state index is -0.147. The van der Waals surface area contributed by atoms with E-state index < -0.39 is 0 Å². The van der Waals surface area contributed by atoms with Crippen molar-refractivity contribution in [3.63, 3.8) is 0 Å². The van der Waals surface area contributed by atoms with Crippen molar-refractivity contribution in [2.75, 3.05) is 47.5 Å². The summed E-state index contributed by atoms with van der Waals surface area (Å²) >= 11 is 0. The summed E-state index contributed by atoms with van der Waals surface area (Å²) in [5, 5.41) is 0. The van der Waals surface area contributed by atoms with Crippen LogP contribution in [0.3, 0.4) is 0 Å². The molecule has 5 nitrogen and oxygen atoms in total. The molecule has 2 aromatic carbocycles. The standard InChI is InChI=1S/C26H35FN2O3/c1-30-18-22-11-19(6-9-26(22)32-3)13-29-14-20-5-4-10-28(16-23(20)17-29)15-21-12-24(31-2)7-8-25(21)27/h6-9,11-12,20,23H,4-5,10,13-18H2,1-3H3/t20-,23?/m1/s1. The quantitative estimate of drug-likeness (QED) is 0.608. The highest BCUT2D eigenvalue weighted by Crippen LogP contribution is 2.33. The number of rotatable bonds is 8. The summed E-state index contributed by atoms with van der Waals surface area (Å²) in [4.78, 5) is 5.00. The highest BCUT2D eigenvalue weighted by molar-refractivity contribution is 5.37. The van der Waals surface area contributed by atoms with Gasteiger partial charge in [-0.25, -0.2) is 4.39 Å². The molecule has 6 heteroatoms. The van der Waals surface area contributed by atoms with Crippen LogP contribution in [-0.2, 0) is 24.4 Å². The van der Waals surface area contributed by atoms with E-state index in [1.165, 1.54) is 24.5 Å². The molecule has 174 valence electrons. The molecule has 0 saturated carbocycles. The molecule has 0 aromatic heterocycles. The fraction of sp³-hybridized carbons (Fsp3) is 0.538. The van der Waals surface area contributed by atoms with Crippen LogP contribution in [0.4, 0.5) is 4.39 Å². The van der Waals surface area contributed by atoms with Crippen molar-refractivity contribution < 1.29 is 18.6 Å². The Kier molecular flexibility index (Phi) is 7.66. The van der Waals surface area contributed by atoms with Crippen molar-refractivity contribution in [2.45, 2.75) is 32.5 Å². The van der Waals surface area contributed by atoms with Gasteiger partial charge in [0.2, 0.25) is 0 Å². The molecule has 2 aromatic rings. The van der Waals surface area contributed by atoms with Crippen molar-refractivity contribution in [1.82, 2.24) is 9.80 Å². The van der Waals surface area contributed by atoms with Gasteiger partial charge in [-0.15, -0.1) is 0 Å². The minimum Gasteiger partial charge on any atom is -0.497 e. The maximum absolute atomic E-state index is 14.4. The van der Waals surface area contributed by atoms with E-state index in [0.717, 1.165) is 49.6 Å². The van der Waals surface area contributed by atoms with E-state index in [4.69, 9.17) is 14.2 Å². The molecule has 0 bridgehead atoms. The van der Waals surface area contributed by atoms with Crippen LogP contribution in [0.5, 0.6) is 11.5 Å². The molecule has 2 aliphatic rings. The fourth-order valence-electron chi connectivity index (χ4n) is 5.34. The molecule has 2 aliphatic heterocycles. The minimum absolute atomic E-state index is 0.147. The van der Waals surface area contributed by atoms with Gasteiger partial charge in [0.1, 0.15) is 17.3 Å². The largest absolute Gasteiger partial charge is 0.497 e. The van der Waals surface area contributed by atoms with Crippen molar-refractivity contribution in [3.05, 3.63) is 58.9 Å². The van der Waals surface area contributed by atoms with Gasteiger partial charge in [-0.05, 0) is 67.1 Å². The molecule has 0 amide bonds. The molecule has 0 N–H and O–H groups in total. The number of methoxy groups -OCH3 is 3. The molecule has 32 heavy (non-hydrogen) atoms. The Balaban J connectivity index is 1.39. The van der Waals surface area contributed by atoms with Gasteiger partial charge >= 0.3 is 0 Å². The van der Waals surface area contributed by atoms with Crippen molar-refractivity contribution in [3.8, 4) is 11.5 Å². The van der Waals surface area contributed by atoms with E-state index >= 15 is 0 Å². The van der Waals surface area contributed by atoms with E-state index in [2.05, 4.69) is 21.9 Å². The van der Waals surface area contributed by atoms with E-state index in [1.54, 1.807) is 27.4 Å². The first-order valence-corrected chi connectivity index (χ1v) is 11.5. The number of hydrogen-bond acceptors (Lipinski definition) is 5. The van der Waals surface area contributed by atoms with Crippen LogP contribution < -0.4 is 9.47 Å². The average molecular weight is 443 g/mol. The lowest BCUT2D eigenvalue weighted by molar-refractivity contribution is 0.181. The SMILES string of the molecule is COCc1cc(CN2CC3CN(Cc4cc(OC)ccc4F)CCC[C@@H]3C2)ccc1OC. The highest BCUT2D eigenvalue weighted by Gasteiger charge is 2.35. The molecule has 4 rings (SSSR count). The number of fused-ring (bicyclic) bond motifs is 1. The molecule has 2 atom stereocenters. The Morgan fingerprint density at radius 3 is 2.47 bits per heavy atom. The van der Waals surface area contributed by atoms with E-state index in [1.807, 2.05) is 12.1 Å². The summed E-state index contributed by atoms with van der Waals surface area (Å²) in [6, 6.07) is 11.4. The monoisotopic (exact) mass is 442 g/mol. The summed E-state index contributed by atoms with van der Waals surface area (Å²) in [5.74, 6) is 2.79. The Hall–Kier alpha value is -2.15. The second-order valence-electron chi connectivity index (χ2n) is 9.13. The number of hydrogen-bond donors (Lipinski definition) is 0. The summed E-state index contributed by atoms with van der Waals surface area (Å²) in [5.41, 5.74) is 3.11. The van der Waals surface area contributed by atoms with Gasteiger partial charge in [0, 0.05) is 51.0 Å². The van der Waals surface area contributed by atoms with Crippen LogP contribution in [0, 0.1) is 17.7 Å². The van der Waals surface area contributed by atoms with Gasteiger partial charge in [0.15, 0.2) is 0 Å². The maximum atomic E-state index is 14.4. The predicted octanol–water partition coefficient (Wildman–Crippen LogP) is 4.33. The number of ether oxygens (including phenoxy) is 3. The van der Waals surface area contributed by atoms with Gasteiger partial charge in [-0.2, -0.15) is 0 Å². The molecular weight excluding hydrogens is 407 g/mol. The van der Waals surface area contributed by atoms with Gasteiger partial charge in [0.05, 0.1) is 20.8 Å². The maximum Gasteiger partial charge on any atom is 0.127 e. The van der Waals surface area contributed by atoms with E-state index in [0.29, 0.717) is 30.7 Å². The second-order valence-corrected chi connectivity index (χ2v) is 9.13. The van der Waals surface area contributed by atoms with Crippen molar-refractivity contribution in [1.29, 1.82) is 0 Å². The predicted molar refractivity (Wildman–Crippen MR) is 123 cm³/mol. The second kappa shape index (κ2) is 10.6. The molecule has 1 unspecified atom stereocenters. The topological polar surface area (TPSA) is 34.2 Å². The molecule has 0 radical (unpaired) electrons. The molecule has 2 fully saturated rings. The highest BCUT2D eigenvalue weighted by atomic mass is 19.1. The number of likely N-dealkylation sites (tertiary alicyclic amines) is 2. The average Bonchev–Trinajstić information content (AvgIpc) is 3.06. The van der Waals surface area contributed by atoms with Gasteiger partial charge < -0.3 is 14.2 Å². The molecule has 2 saturated heterocycles.